The molecule has 246 valence electrons. The van der Waals surface area contributed by atoms with E-state index in [2.05, 4.69) is 21.2 Å². The number of carbonyl (C=O) groups is 5. The number of carbonyl (C=O) groups excluding carboxylic acids is 5. The summed E-state index contributed by atoms with van der Waals surface area (Å²) < 4.78 is 12.0. The van der Waals surface area contributed by atoms with E-state index in [4.69, 9.17) is 33.9 Å². The Kier molecular flexibility index (Phi) is 11.9. The lowest BCUT2D eigenvalue weighted by Gasteiger charge is -2.43. The first-order valence-corrected chi connectivity index (χ1v) is 15.4. The third-order valence-corrected chi connectivity index (χ3v) is 9.34. The van der Waals surface area contributed by atoms with E-state index in [1.165, 1.54) is 34.3 Å². The maximum absolute atomic E-state index is 13.7. The van der Waals surface area contributed by atoms with Gasteiger partial charge in [0.1, 0.15) is 11.8 Å². The summed E-state index contributed by atoms with van der Waals surface area (Å²) in [6.07, 6.45) is 0. The van der Waals surface area contributed by atoms with Crippen LogP contribution in [0.25, 0.3) is 0 Å². The second-order valence-electron chi connectivity index (χ2n) is 10.6. The van der Waals surface area contributed by atoms with Crippen molar-refractivity contribution in [2.45, 2.75) is 19.8 Å². The van der Waals surface area contributed by atoms with Gasteiger partial charge in [-0.3, -0.25) is 43.6 Å². The smallest absolute Gasteiger partial charge is 0.262 e. The molecule has 2 fully saturated rings. The molecule has 0 aromatic heterocycles. The zero-order chi connectivity index (χ0) is 33.3. The molecule has 2 aliphatic rings. The van der Waals surface area contributed by atoms with E-state index in [0.29, 0.717) is 10.2 Å². The van der Waals surface area contributed by atoms with Crippen LogP contribution in [0.4, 0.5) is 5.69 Å². The van der Waals surface area contributed by atoms with Crippen LogP contribution in [0, 0.1) is 18.8 Å². The number of thiocarbonyl (C=S) groups is 2. The quantitative estimate of drug-likeness (QED) is 0.303. The molecule has 16 heteroatoms. The van der Waals surface area contributed by atoms with Crippen LogP contribution >= 0.6 is 52.8 Å². The predicted octanol–water partition coefficient (Wildman–Crippen LogP) is 3.34. The van der Waals surface area contributed by atoms with Gasteiger partial charge in [0.2, 0.25) is 23.6 Å². The molecule has 2 heterocycles. The largest absolute Gasteiger partial charge is 0.490 e. The number of amides is 5. The van der Waals surface area contributed by atoms with E-state index < -0.39 is 47.3 Å². The van der Waals surface area contributed by atoms with Crippen molar-refractivity contribution < 1.29 is 33.4 Å². The zero-order valence-corrected chi connectivity index (χ0v) is 29.9. The van der Waals surface area contributed by atoms with Crippen molar-refractivity contribution in [1.82, 2.24) is 19.6 Å². The van der Waals surface area contributed by atoms with E-state index >= 15 is 0 Å². The molecule has 0 spiro atoms. The summed E-state index contributed by atoms with van der Waals surface area (Å²) in [5.74, 6) is -7.05. The Hall–Kier alpha value is -3.66. The lowest BCUT2D eigenvalue weighted by molar-refractivity contribution is -0.152. The molecular weight excluding hydrogens is 722 g/mol. The highest BCUT2D eigenvalue weighted by Crippen LogP contribution is 2.45. The molecule has 5 amide bonds. The normalized spacial score (nSPS) is 16.3. The first-order valence-electron chi connectivity index (χ1n) is 13.8. The van der Waals surface area contributed by atoms with Gasteiger partial charge in [0.25, 0.3) is 5.91 Å². The summed E-state index contributed by atoms with van der Waals surface area (Å²) >= 11 is 14.0. The van der Waals surface area contributed by atoms with E-state index in [1.54, 1.807) is 25.1 Å². The van der Waals surface area contributed by atoms with Crippen molar-refractivity contribution >= 4 is 98.2 Å². The SMILES string of the molecule is CCOc1cc(C(C2C(=O)N(C)C(=S)N(C)C2=O)C2C(=O)N(C)C(=S)N(C)C2=O)cc(Br)c1OCC(=O)Nc1ccc(C)cc1.Cl. The van der Waals surface area contributed by atoms with Gasteiger partial charge in [0, 0.05) is 39.8 Å². The van der Waals surface area contributed by atoms with Gasteiger partial charge in [0.15, 0.2) is 28.3 Å². The number of anilines is 1. The summed E-state index contributed by atoms with van der Waals surface area (Å²) in [6.45, 7) is 3.50. The third kappa shape index (κ3) is 7.01. The Morgan fingerprint density at radius 3 is 1.74 bits per heavy atom. The molecule has 2 aromatic carbocycles. The first-order chi connectivity index (χ1) is 21.2. The fourth-order valence-electron chi connectivity index (χ4n) is 5.22. The van der Waals surface area contributed by atoms with Crippen molar-refractivity contribution in [1.29, 1.82) is 0 Å². The Morgan fingerprint density at radius 2 is 1.30 bits per heavy atom. The molecule has 0 bridgehead atoms. The monoisotopic (exact) mass is 753 g/mol. The summed E-state index contributed by atoms with van der Waals surface area (Å²) in [7, 11) is 5.71. The molecule has 2 saturated heterocycles. The summed E-state index contributed by atoms with van der Waals surface area (Å²) in [5, 5.41) is 2.73. The van der Waals surface area contributed by atoms with Crippen LogP contribution in [0.3, 0.4) is 0 Å². The van der Waals surface area contributed by atoms with Gasteiger partial charge in [-0.05, 0) is 84.0 Å². The molecule has 46 heavy (non-hydrogen) atoms. The molecule has 0 unspecified atom stereocenters. The summed E-state index contributed by atoms with van der Waals surface area (Å²) in [5.41, 5.74) is 1.91. The maximum Gasteiger partial charge on any atom is 0.262 e. The van der Waals surface area contributed by atoms with Gasteiger partial charge < -0.3 is 14.8 Å². The number of ether oxygens (including phenoxy) is 2. The van der Waals surface area contributed by atoms with Crippen molar-refractivity contribution in [3.8, 4) is 11.5 Å². The number of hydrogen-bond donors (Lipinski definition) is 1. The molecule has 2 aliphatic heterocycles. The lowest BCUT2D eigenvalue weighted by atomic mass is 9.73. The standard InChI is InChI=1S/C30H32BrN5O7S2.ClH/c1-7-42-19-13-16(12-18(31)24(19)43-14-20(37)32-17-10-8-15(2)9-11-17)21(22-25(38)33(3)29(44)34(4)26(22)39)23-27(40)35(5)30(45)36(6)28(23)41;/h8-13,21-23H,7,14H2,1-6H3,(H,32,37);1H. The fourth-order valence-corrected chi connectivity index (χ4v) is 6.15. The number of nitrogens with zero attached hydrogens (tertiary/aromatic N) is 4. The van der Waals surface area contributed by atoms with Crippen molar-refractivity contribution in [3.63, 3.8) is 0 Å². The number of benzene rings is 2. The zero-order valence-electron chi connectivity index (χ0n) is 25.9. The van der Waals surface area contributed by atoms with Crippen LogP contribution in [0.1, 0.15) is 24.0 Å². The predicted molar refractivity (Wildman–Crippen MR) is 184 cm³/mol. The second kappa shape index (κ2) is 14.8. The summed E-state index contributed by atoms with van der Waals surface area (Å²) in [6, 6.07) is 10.3. The van der Waals surface area contributed by atoms with Gasteiger partial charge in [-0.1, -0.05) is 17.7 Å². The van der Waals surface area contributed by atoms with Crippen LogP contribution < -0.4 is 14.8 Å². The van der Waals surface area contributed by atoms with E-state index in [9.17, 15) is 24.0 Å². The Morgan fingerprint density at radius 1 is 0.848 bits per heavy atom. The minimum Gasteiger partial charge on any atom is -0.490 e. The van der Waals surface area contributed by atoms with E-state index in [0.717, 1.165) is 25.2 Å². The Balaban J connectivity index is 0.00000576. The summed E-state index contributed by atoms with van der Waals surface area (Å²) in [4.78, 5) is 72.1. The van der Waals surface area contributed by atoms with Gasteiger partial charge >= 0.3 is 0 Å². The topological polar surface area (TPSA) is 129 Å². The third-order valence-electron chi connectivity index (χ3n) is 7.65. The fraction of sp³-hybridized carbons (Fsp3) is 0.367. The first kappa shape index (κ1) is 36.8. The maximum atomic E-state index is 13.7. The minimum atomic E-state index is -1.49. The molecule has 0 radical (unpaired) electrons. The lowest BCUT2D eigenvalue weighted by Crippen LogP contribution is -2.63. The highest BCUT2D eigenvalue weighted by molar-refractivity contribution is 9.10. The van der Waals surface area contributed by atoms with Crippen molar-refractivity contribution in [3.05, 3.63) is 52.0 Å². The highest BCUT2D eigenvalue weighted by Gasteiger charge is 2.54. The molecule has 12 nitrogen and oxygen atoms in total. The Bertz CT molecular complexity index is 1500. The van der Waals surface area contributed by atoms with Gasteiger partial charge in [-0.15, -0.1) is 12.4 Å². The van der Waals surface area contributed by atoms with E-state index in [1.807, 2.05) is 19.1 Å². The second-order valence-corrected chi connectivity index (χ2v) is 12.2. The molecule has 4 rings (SSSR count). The number of halogens is 2. The molecule has 1 N–H and O–H groups in total. The van der Waals surface area contributed by atoms with Crippen LogP contribution in [-0.2, 0) is 24.0 Å². The number of nitrogens with one attached hydrogen (secondary N) is 1. The number of hydrogen-bond acceptors (Lipinski definition) is 9. The molecule has 0 aliphatic carbocycles. The van der Waals surface area contributed by atoms with Gasteiger partial charge in [0.05, 0.1) is 11.1 Å². The van der Waals surface area contributed by atoms with E-state index in [-0.39, 0.29) is 52.9 Å². The van der Waals surface area contributed by atoms with Crippen LogP contribution in [-0.4, -0.2) is 101 Å². The van der Waals surface area contributed by atoms with Gasteiger partial charge in [-0.2, -0.15) is 0 Å². The minimum absolute atomic E-state index is 0. The number of rotatable bonds is 9. The van der Waals surface area contributed by atoms with Gasteiger partial charge in [-0.25, -0.2) is 0 Å². The average molecular weight is 755 g/mol. The number of aryl methyl sites for hydroxylation is 1. The molecule has 0 atom stereocenters. The highest BCUT2D eigenvalue weighted by atomic mass is 79.9. The van der Waals surface area contributed by atoms with Crippen molar-refractivity contribution in [2.24, 2.45) is 11.8 Å². The molecule has 0 saturated carbocycles. The van der Waals surface area contributed by atoms with Crippen LogP contribution in [0.5, 0.6) is 11.5 Å². The average Bonchev–Trinajstić information content (AvgIpc) is 3.01. The Labute approximate surface area is 291 Å². The van der Waals surface area contributed by atoms with Crippen LogP contribution in [0.15, 0.2) is 40.9 Å². The molecule has 2 aromatic rings. The molecular formula is C30H33BrClN5O7S2. The van der Waals surface area contributed by atoms with Crippen molar-refractivity contribution in [2.75, 3.05) is 46.7 Å². The van der Waals surface area contributed by atoms with Crippen LogP contribution in [0.2, 0.25) is 0 Å².